The highest BCUT2D eigenvalue weighted by Crippen LogP contribution is 2.37. The molecule has 0 radical (unpaired) electrons. The summed E-state index contributed by atoms with van der Waals surface area (Å²) < 4.78 is 18.8. The van der Waals surface area contributed by atoms with Gasteiger partial charge in [0, 0.05) is 36.1 Å². The number of nitrogens with zero attached hydrogens (tertiary/aromatic N) is 2. The standard InChI is InChI=1S/C23H22FN3O3/c1-3-15-12(2)18(11-17-20(15)23(29)25-22(17)28)27-8-6-13(7-9-27)21-16-5-4-14(24)10-19(16)30-26-21/h4-5,10-11,13H,3,6-9H2,1-2H3,(H,25,28,29). The van der Waals surface area contributed by atoms with Gasteiger partial charge in [0.05, 0.1) is 16.8 Å². The quantitative estimate of drug-likeness (QED) is 0.662. The Kier molecular flexibility index (Phi) is 4.34. The van der Waals surface area contributed by atoms with Gasteiger partial charge in [0.15, 0.2) is 5.58 Å². The van der Waals surface area contributed by atoms with Crippen molar-refractivity contribution in [1.82, 2.24) is 10.5 Å². The molecule has 0 saturated carbocycles. The summed E-state index contributed by atoms with van der Waals surface area (Å²) in [5, 5.41) is 7.50. The SMILES string of the molecule is CCc1c(C)c(N2CCC(c3noc4cc(F)ccc34)CC2)cc2c1C(=O)NC2=O. The van der Waals surface area contributed by atoms with Crippen LogP contribution in [0.15, 0.2) is 28.8 Å². The molecule has 0 atom stereocenters. The Hall–Kier alpha value is -3.22. The van der Waals surface area contributed by atoms with E-state index in [2.05, 4.69) is 15.4 Å². The minimum Gasteiger partial charge on any atom is -0.371 e. The molecule has 1 saturated heterocycles. The van der Waals surface area contributed by atoms with Gasteiger partial charge in [-0.2, -0.15) is 0 Å². The molecule has 0 unspecified atom stereocenters. The van der Waals surface area contributed by atoms with Gasteiger partial charge in [-0.15, -0.1) is 0 Å². The number of hydrogen-bond acceptors (Lipinski definition) is 5. The van der Waals surface area contributed by atoms with E-state index < -0.39 is 0 Å². The van der Waals surface area contributed by atoms with Crippen LogP contribution in [-0.2, 0) is 6.42 Å². The number of piperidine rings is 1. The van der Waals surface area contributed by atoms with Crippen LogP contribution in [0.4, 0.5) is 10.1 Å². The zero-order valence-corrected chi connectivity index (χ0v) is 16.9. The molecule has 3 aromatic rings. The van der Waals surface area contributed by atoms with Crippen LogP contribution in [0.3, 0.4) is 0 Å². The van der Waals surface area contributed by atoms with Crippen LogP contribution in [0, 0.1) is 12.7 Å². The van der Waals surface area contributed by atoms with E-state index in [1.54, 1.807) is 6.07 Å². The zero-order chi connectivity index (χ0) is 21.0. The molecule has 30 heavy (non-hydrogen) atoms. The van der Waals surface area contributed by atoms with Crippen molar-refractivity contribution in [2.24, 2.45) is 0 Å². The highest BCUT2D eigenvalue weighted by atomic mass is 19.1. The van der Waals surface area contributed by atoms with E-state index in [4.69, 9.17) is 4.52 Å². The minimum absolute atomic E-state index is 0.234. The molecular weight excluding hydrogens is 385 g/mol. The minimum atomic E-state index is -0.332. The summed E-state index contributed by atoms with van der Waals surface area (Å²) in [6, 6.07) is 6.40. The summed E-state index contributed by atoms with van der Waals surface area (Å²) in [6.45, 7) is 5.64. The molecule has 0 bridgehead atoms. The molecule has 1 fully saturated rings. The summed E-state index contributed by atoms with van der Waals surface area (Å²) in [7, 11) is 0. The fourth-order valence-electron chi connectivity index (χ4n) is 4.88. The molecule has 0 aliphatic carbocycles. The molecule has 0 spiro atoms. The number of carbonyl (C=O) groups excluding carboxylic acids is 2. The molecule has 1 aromatic heterocycles. The Morgan fingerprint density at radius 1 is 1.20 bits per heavy atom. The van der Waals surface area contributed by atoms with Crippen molar-refractivity contribution in [2.45, 2.75) is 39.0 Å². The summed E-state index contributed by atoms with van der Waals surface area (Å²) in [4.78, 5) is 26.7. The van der Waals surface area contributed by atoms with Gasteiger partial charge in [-0.1, -0.05) is 12.1 Å². The third-order valence-electron chi connectivity index (χ3n) is 6.43. The average molecular weight is 407 g/mol. The summed E-state index contributed by atoms with van der Waals surface area (Å²) >= 11 is 0. The molecule has 3 heterocycles. The van der Waals surface area contributed by atoms with Crippen LogP contribution < -0.4 is 10.2 Å². The number of aromatic nitrogens is 1. The number of nitrogens with one attached hydrogen (secondary N) is 1. The van der Waals surface area contributed by atoms with Crippen LogP contribution in [0.2, 0.25) is 0 Å². The van der Waals surface area contributed by atoms with Gasteiger partial charge >= 0.3 is 0 Å². The van der Waals surface area contributed by atoms with E-state index in [-0.39, 0.29) is 23.5 Å². The van der Waals surface area contributed by atoms with E-state index in [0.717, 1.165) is 53.8 Å². The lowest BCUT2D eigenvalue weighted by Gasteiger charge is -2.34. The van der Waals surface area contributed by atoms with E-state index in [0.29, 0.717) is 23.1 Å². The smallest absolute Gasteiger partial charge is 0.259 e. The van der Waals surface area contributed by atoms with Crippen molar-refractivity contribution < 1.29 is 18.5 Å². The first-order chi connectivity index (χ1) is 14.5. The maximum Gasteiger partial charge on any atom is 0.259 e. The van der Waals surface area contributed by atoms with Crippen LogP contribution in [0.1, 0.15) is 63.2 Å². The second-order valence-electron chi connectivity index (χ2n) is 8.03. The van der Waals surface area contributed by atoms with Gasteiger partial charge in [-0.05, 0) is 55.5 Å². The van der Waals surface area contributed by atoms with E-state index in [1.807, 2.05) is 19.9 Å². The topological polar surface area (TPSA) is 75.4 Å². The third-order valence-corrected chi connectivity index (χ3v) is 6.43. The van der Waals surface area contributed by atoms with Gasteiger partial charge in [0.2, 0.25) is 0 Å². The molecule has 2 amide bonds. The van der Waals surface area contributed by atoms with Crippen molar-refractivity contribution >= 4 is 28.5 Å². The first kappa shape index (κ1) is 18.8. The normalized spacial score (nSPS) is 17.0. The number of anilines is 1. The molecule has 2 aromatic carbocycles. The first-order valence-electron chi connectivity index (χ1n) is 10.3. The molecule has 6 nitrogen and oxygen atoms in total. The molecule has 5 rings (SSSR count). The maximum absolute atomic E-state index is 13.4. The molecule has 154 valence electrons. The Labute approximate surface area is 173 Å². The molecule has 2 aliphatic heterocycles. The monoisotopic (exact) mass is 407 g/mol. The maximum atomic E-state index is 13.4. The number of amides is 2. The van der Waals surface area contributed by atoms with Crippen molar-refractivity contribution in [1.29, 1.82) is 0 Å². The lowest BCUT2D eigenvalue weighted by Crippen LogP contribution is -2.34. The number of rotatable bonds is 3. The van der Waals surface area contributed by atoms with Gasteiger partial charge in [0.25, 0.3) is 11.8 Å². The number of carbonyl (C=O) groups is 2. The second kappa shape index (κ2) is 6.93. The number of imide groups is 1. The number of halogens is 1. The van der Waals surface area contributed by atoms with Gasteiger partial charge in [0.1, 0.15) is 5.82 Å². The summed E-state index contributed by atoms with van der Waals surface area (Å²) in [6.07, 6.45) is 2.45. The van der Waals surface area contributed by atoms with E-state index >= 15 is 0 Å². The molecular formula is C23H22FN3O3. The molecule has 2 aliphatic rings. The highest BCUT2D eigenvalue weighted by Gasteiger charge is 2.33. The van der Waals surface area contributed by atoms with Crippen molar-refractivity contribution in [3.63, 3.8) is 0 Å². The predicted molar refractivity (Wildman–Crippen MR) is 111 cm³/mol. The highest BCUT2D eigenvalue weighted by molar-refractivity contribution is 6.22. The Morgan fingerprint density at radius 2 is 1.97 bits per heavy atom. The van der Waals surface area contributed by atoms with Crippen LogP contribution in [-0.4, -0.2) is 30.1 Å². The van der Waals surface area contributed by atoms with Crippen LogP contribution >= 0.6 is 0 Å². The Bertz CT molecular complexity index is 1190. The van der Waals surface area contributed by atoms with Gasteiger partial charge < -0.3 is 9.42 Å². The zero-order valence-electron chi connectivity index (χ0n) is 16.9. The number of fused-ring (bicyclic) bond motifs is 2. The number of benzene rings is 2. The van der Waals surface area contributed by atoms with Gasteiger partial charge in [-0.25, -0.2) is 4.39 Å². The summed E-state index contributed by atoms with van der Waals surface area (Å²) in [5.41, 5.74) is 5.38. The summed E-state index contributed by atoms with van der Waals surface area (Å²) in [5.74, 6) is -0.712. The van der Waals surface area contributed by atoms with Crippen molar-refractivity contribution in [3.05, 3.63) is 58.0 Å². The number of hydrogen-bond donors (Lipinski definition) is 1. The Balaban J connectivity index is 1.43. The van der Waals surface area contributed by atoms with E-state index in [1.165, 1.54) is 12.1 Å². The van der Waals surface area contributed by atoms with Gasteiger partial charge in [-0.3, -0.25) is 14.9 Å². The van der Waals surface area contributed by atoms with Crippen LogP contribution in [0.25, 0.3) is 11.0 Å². The largest absolute Gasteiger partial charge is 0.371 e. The predicted octanol–water partition coefficient (Wildman–Crippen LogP) is 4.11. The lowest BCUT2D eigenvalue weighted by atomic mass is 9.89. The molecule has 1 N–H and O–H groups in total. The third kappa shape index (κ3) is 2.80. The average Bonchev–Trinajstić information content (AvgIpc) is 3.28. The lowest BCUT2D eigenvalue weighted by molar-refractivity contribution is 0.0879. The fourth-order valence-corrected chi connectivity index (χ4v) is 4.88. The molecule has 7 heteroatoms. The van der Waals surface area contributed by atoms with Crippen LogP contribution in [0.5, 0.6) is 0 Å². The van der Waals surface area contributed by atoms with Crippen molar-refractivity contribution in [2.75, 3.05) is 18.0 Å². The fraction of sp³-hybridized carbons (Fsp3) is 0.348. The van der Waals surface area contributed by atoms with Crippen molar-refractivity contribution in [3.8, 4) is 0 Å². The first-order valence-corrected chi connectivity index (χ1v) is 10.3. The van der Waals surface area contributed by atoms with E-state index in [9.17, 15) is 14.0 Å². The Morgan fingerprint density at radius 3 is 2.70 bits per heavy atom. The second-order valence-corrected chi connectivity index (χ2v) is 8.03.